The van der Waals surface area contributed by atoms with Crippen molar-refractivity contribution in [2.24, 2.45) is 5.41 Å². The predicted octanol–water partition coefficient (Wildman–Crippen LogP) is 5.89. The van der Waals surface area contributed by atoms with Gasteiger partial charge in [0.15, 0.2) is 8.32 Å². The van der Waals surface area contributed by atoms with Crippen LogP contribution in [0, 0.1) is 5.41 Å². The molecule has 1 heterocycles. The second kappa shape index (κ2) is 14.6. The lowest BCUT2D eigenvalue weighted by atomic mass is 9.76. The third-order valence-corrected chi connectivity index (χ3v) is 12.5. The van der Waals surface area contributed by atoms with Crippen LogP contribution in [0.15, 0.2) is 42.5 Å². The molecular weight excluding hydrogens is 488 g/mol. The van der Waals surface area contributed by atoms with Gasteiger partial charge in [0.25, 0.3) is 0 Å². The third-order valence-electron chi connectivity index (χ3n) is 7.84. The van der Waals surface area contributed by atoms with Gasteiger partial charge in [0, 0.05) is 32.1 Å². The number of esters is 1. The van der Waals surface area contributed by atoms with E-state index in [9.17, 15) is 4.79 Å². The van der Waals surface area contributed by atoms with Crippen LogP contribution in [-0.2, 0) is 39.5 Å². The molecular formula is C29H48O7Si. The van der Waals surface area contributed by atoms with Crippen molar-refractivity contribution in [1.82, 2.24) is 0 Å². The van der Waals surface area contributed by atoms with Crippen molar-refractivity contribution in [3.05, 3.63) is 48.0 Å². The lowest BCUT2D eigenvalue weighted by Gasteiger charge is -2.57. The van der Waals surface area contributed by atoms with Crippen molar-refractivity contribution in [3.63, 3.8) is 0 Å². The predicted molar refractivity (Wildman–Crippen MR) is 148 cm³/mol. The second-order valence-corrected chi connectivity index (χ2v) is 15.2. The van der Waals surface area contributed by atoms with Gasteiger partial charge in [-0.2, -0.15) is 0 Å². The number of ether oxygens (including phenoxy) is 5. The summed E-state index contributed by atoms with van der Waals surface area (Å²) in [4.78, 5) is 11.6. The highest BCUT2D eigenvalue weighted by atomic mass is 28.4. The van der Waals surface area contributed by atoms with E-state index in [4.69, 9.17) is 28.1 Å². The molecule has 8 heteroatoms. The van der Waals surface area contributed by atoms with Gasteiger partial charge in [-0.15, -0.1) is 0 Å². The van der Waals surface area contributed by atoms with Crippen molar-refractivity contribution in [2.75, 3.05) is 27.9 Å². The molecule has 0 unspecified atom stereocenters. The Morgan fingerprint density at radius 1 is 1.11 bits per heavy atom. The molecule has 0 aliphatic carbocycles. The van der Waals surface area contributed by atoms with E-state index in [-0.39, 0.29) is 12.2 Å². The molecule has 0 spiro atoms. The summed E-state index contributed by atoms with van der Waals surface area (Å²) in [6.45, 7) is 11.7. The Bertz CT molecular complexity index is 832. The Labute approximate surface area is 224 Å². The lowest BCUT2D eigenvalue weighted by molar-refractivity contribution is -0.375. The van der Waals surface area contributed by atoms with Gasteiger partial charge in [-0.25, -0.2) is 4.79 Å². The van der Waals surface area contributed by atoms with Crippen molar-refractivity contribution >= 4 is 14.3 Å². The highest BCUT2D eigenvalue weighted by Gasteiger charge is 2.61. The number of carbonyl (C=O) groups excluding carboxylic acids is 1. The van der Waals surface area contributed by atoms with Crippen LogP contribution >= 0.6 is 0 Å². The standard InChI is InChI=1S/C29H48O7Si/c1-9-37(10-2,11-3)36-27-25(31-6)20-24(18-15-19-26(30)32-7)35-29(27,33-8)28(4,5)22-34-21-23-16-13-12-14-17-23/h12-17,19,24-25,27H,9-11,18,20-22H2,1-8H3/b19-15+/t24-,25+,27+,29-/m0/s1. The molecule has 1 aliphatic heterocycles. The van der Waals surface area contributed by atoms with Crippen LogP contribution in [0.5, 0.6) is 0 Å². The third kappa shape index (κ3) is 7.74. The minimum Gasteiger partial charge on any atom is -0.466 e. The Kier molecular flexibility index (Phi) is 12.5. The average Bonchev–Trinajstić information content (AvgIpc) is 2.92. The van der Waals surface area contributed by atoms with Crippen molar-refractivity contribution in [2.45, 2.75) is 96.3 Å². The summed E-state index contributed by atoms with van der Waals surface area (Å²) in [5, 5.41) is 0. The van der Waals surface area contributed by atoms with Crippen LogP contribution in [0.4, 0.5) is 0 Å². The molecule has 1 aromatic carbocycles. The molecule has 0 radical (unpaired) electrons. The summed E-state index contributed by atoms with van der Waals surface area (Å²) < 4.78 is 37.3. The van der Waals surface area contributed by atoms with Crippen molar-refractivity contribution in [3.8, 4) is 0 Å². The van der Waals surface area contributed by atoms with Gasteiger partial charge in [-0.05, 0) is 30.1 Å². The number of hydrogen-bond acceptors (Lipinski definition) is 7. The van der Waals surface area contributed by atoms with Gasteiger partial charge in [0.05, 0.1) is 32.5 Å². The van der Waals surface area contributed by atoms with Crippen LogP contribution in [-0.4, -0.2) is 66.3 Å². The number of rotatable bonds is 15. The fourth-order valence-electron chi connectivity index (χ4n) is 5.25. The zero-order valence-electron chi connectivity index (χ0n) is 24.1. The Morgan fingerprint density at radius 2 is 1.76 bits per heavy atom. The van der Waals surface area contributed by atoms with E-state index >= 15 is 0 Å². The van der Waals surface area contributed by atoms with Gasteiger partial charge >= 0.3 is 5.97 Å². The normalized spacial score (nSPS) is 24.9. The van der Waals surface area contributed by atoms with E-state index in [0.717, 1.165) is 23.7 Å². The van der Waals surface area contributed by atoms with E-state index < -0.39 is 31.6 Å². The first-order valence-corrected chi connectivity index (χ1v) is 16.0. The Morgan fingerprint density at radius 3 is 2.30 bits per heavy atom. The molecule has 210 valence electrons. The highest BCUT2D eigenvalue weighted by Crippen LogP contribution is 2.48. The summed E-state index contributed by atoms with van der Waals surface area (Å²) in [5.41, 5.74) is 0.523. The molecule has 0 bridgehead atoms. The molecule has 4 atom stereocenters. The first-order chi connectivity index (χ1) is 17.7. The van der Waals surface area contributed by atoms with Gasteiger partial charge in [0.1, 0.15) is 6.10 Å². The van der Waals surface area contributed by atoms with Gasteiger partial charge < -0.3 is 28.1 Å². The molecule has 0 amide bonds. The summed E-state index contributed by atoms with van der Waals surface area (Å²) >= 11 is 0. The van der Waals surface area contributed by atoms with Gasteiger partial charge in [-0.3, -0.25) is 0 Å². The highest BCUT2D eigenvalue weighted by molar-refractivity contribution is 6.73. The number of carbonyl (C=O) groups is 1. The number of methoxy groups -OCH3 is 3. The van der Waals surface area contributed by atoms with Crippen LogP contribution < -0.4 is 0 Å². The maximum Gasteiger partial charge on any atom is 0.330 e. The van der Waals surface area contributed by atoms with E-state index in [1.165, 1.54) is 13.2 Å². The monoisotopic (exact) mass is 536 g/mol. The zero-order valence-corrected chi connectivity index (χ0v) is 25.1. The summed E-state index contributed by atoms with van der Waals surface area (Å²) in [6.07, 6.45) is 3.46. The number of hydrogen-bond donors (Lipinski definition) is 0. The minimum atomic E-state index is -2.05. The summed E-state index contributed by atoms with van der Waals surface area (Å²) in [6, 6.07) is 13.1. The molecule has 0 aromatic heterocycles. The molecule has 1 saturated heterocycles. The topological polar surface area (TPSA) is 72.5 Å². The lowest BCUT2D eigenvalue weighted by Crippen LogP contribution is -2.69. The van der Waals surface area contributed by atoms with Crippen LogP contribution in [0.3, 0.4) is 0 Å². The van der Waals surface area contributed by atoms with Crippen LogP contribution in [0.25, 0.3) is 0 Å². The van der Waals surface area contributed by atoms with Gasteiger partial charge in [0.2, 0.25) is 5.79 Å². The maximum atomic E-state index is 11.6. The second-order valence-electron chi connectivity index (χ2n) is 10.4. The quantitative estimate of drug-likeness (QED) is 0.157. The van der Waals surface area contributed by atoms with Crippen LogP contribution in [0.1, 0.15) is 53.0 Å². The molecule has 1 aromatic rings. The van der Waals surface area contributed by atoms with Gasteiger partial charge in [-0.1, -0.05) is 71.0 Å². The fraction of sp³-hybridized carbons (Fsp3) is 0.690. The smallest absolute Gasteiger partial charge is 0.330 e. The Hall–Kier alpha value is -1.55. The van der Waals surface area contributed by atoms with Crippen molar-refractivity contribution < 1.29 is 32.9 Å². The SMILES string of the molecule is CC[Si](CC)(CC)O[C@@H]1[C@H](OC)C[C@H](C/C=C/C(=O)OC)O[C@]1(OC)C(C)(C)COCc1ccccc1. The van der Waals surface area contributed by atoms with Crippen molar-refractivity contribution in [1.29, 1.82) is 0 Å². The minimum absolute atomic E-state index is 0.236. The fourth-order valence-corrected chi connectivity index (χ4v) is 8.09. The molecule has 37 heavy (non-hydrogen) atoms. The Balaban J connectivity index is 2.42. The largest absolute Gasteiger partial charge is 0.466 e. The summed E-state index contributed by atoms with van der Waals surface area (Å²) in [5.74, 6) is -1.51. The molecule has 0 N–H and O–H groups in total. The first kappa shape index (κ1) is 31.7. The molecule has 7 nitrogen and oxygen atoms in total. The molecule has 1 fully saturated rings. The van der Waals surface area contributed by atoms with E-state index in [2.05, 4.69) is 46.8 Å². The maximum absolute atomic E-state index is 11.6. The first-order valence-electron chi connectivity index (χ1n) is 13.5. The average molecular weight is 537 g/mol. The van der Waals surface area contributed by atoms with E-state index in [1.807, 2.05) is 18.2 Å². The van der Waals surface area contributed by atoms with Crippen LogP contribution in [0.2, 0.25) is 18.1 Å². The zero-order chi connectivity index (χ0) is 27.5. The molecule has 2 rings (SSSR count). The molecule has 1 aliphatic rings. The van der Waals surface area contributed by atoms with E-state index in [1.54, 1.807) is 20.3 Å². The number of benzene rings is 1. The summed E-state index contributed by atoms with van der Waals surface area (Å²) in [7, 11) is 2.72. The van der Waals surface area contributed by atoms with E-state index in [0.29, 0.717) is 26.1 Å². The molecule has 0 saturated carbocycles.